The molecule has 1 aromatic carbocycles. The highest BCUT2D eigenvalue weighted by atomic mass is 16.3. The maximum atomic E-state index is 11.4. The van der Waals surface area contributed by atoms with Crippen molar-refractivity contribution in [2.45, 2.75) is 102 Å². The highest BCUT2D eigenvalue weighted by molar-refractivity contribution is 5.50. The highest BCUT2D eigenvalue weighted by Gasteiger charge is 2.32. The molecule has 0 spiro atoms. The van der Waals surface area contributed by atoms with E-state index in [4.69, 9.17) is 0 Å². The number of amides is 1. The number of rotatable bonds is 14. The second kappa shape index (κ2) is 12.9. The van der Waals surface area contributed by atoms with Crippen molar-refractivity contribution in [2.24, 2.45) is 0 Å². The molecule has 3 nitrogen and oxygen atoms in total. The van der Waals surface area contributed by atoms with E-state index in [0.717, 1.165) is 25.7 Å². The van der Waals surface area contributed by atoms with Gasteiger partial charge in [0.1, 0.15) is 0 Å². The van der Waals surface area contributed by atoms with Gasteiger partial charge in [-0.15, -0.1) is 0 Å². The van der Waals surface area contributed by atoms with Crippen LogP contribution in [0, 0.1) is 0 Å². The minimum Gasteiger partial charge on any atom is -0.394 e. The molecular formula is C24H39NO2. The van der Waals surface area contributed by atoms with Gasteiger partial charge >= 0.3 is 0 Å². The summed E-state index contributed by atoms with van der Waals surface area (Å²) < 4.78 is 0. The van der Waals surface area contributed by atoms with E-state index >= 15 is 0 Å². The lowest BCUT2D eigenvalue weighted by molar-refractivity contribution is -0.121. The molecule has 0 saturated carbocycles. The molecule has 3 heteroatoms. The van der Waals surface area contributed by atoms with Crippen LogP contribution in [0.5, 0.6) is 0 Å². The standard InChI is InChI=1S/C24H39NO2/c1-2-3-4-5-6-7-8-9-10-11-12-21-13-15-22(16-14-21)24-18-17-23(19-26)25(24)20-27/h13-16,20,23-24,26H,2-12,17-19H2,1H3. The largest absolute Gasteiger partial charge is 0.394 e. The summed E-state index contributed by atoms with van der Waals surface area (Å²) >= 11 is 0. The van der Waals surface area contributed by atoms with Gasteiger partial charge in [-0.1, -0.05) is 89.0 Å². The van der Waals surface area contributed by atoms with Crippen LogP contribution in [0.4, 0.5) is 0 Å². The van der Waals surface area contributed by atoms with Crippen LogP contribution in [0.15, 0.2) is 24.3 Å². The third kappa shape index (κ3) is 7.29. The van der Waals surface area contributed by atoms with Crippen LogP contribution < -0.4 is 0 Å². The lowest BCUT2D eigenvalue weighted by Gasteiger charge is -2.25. The van der Waals surface area contributed by atoms with E-state index in [-0.39, 0.29) is 18.7 Å². The van der Waals surface area contributed by atoms with Gasteiger partial charge in [0.05, 0.1) is 18.7 Å². The molecule has 152 valence electrons. The first kappa shape index (κ1) is 21.9. The summed E-state index contributed by atoms with van der Waals surface area (Å²) in [5.41, 5.74) is 2.59. The summed E-state index contributed by atoms with van der Waals surface area (Å²) in [6, 6.07) is 8.90. The molecule has 1 aromatic rings. The molecule has 1 fully saturated rings. The predicted molar refractivity (Wildman–Crippen MR) is 113 cm³/mol. The van der Waals surface area contributed by atoms with Crippen molar-refractivity contribution in [2.75, 3.05) is 6.61 Å². The molecule has 1 aliphatic rings. The molecule has 27 heavy (non-hydrogen) atoms. The lowest BCUT2D eigenvalue weighted by Crippen LogP contribution is -2.32. The predicted octanol–water partition coefficient (Wildman–Crippen LogP) is 5.80. The molecule has 0 aliphatic carbocycles. The Bertz CT molecular complexity index is 514. The van der Waals surface area contributed by atoms with Crippen LogP contribution in [0.2, 0.25) is 0 Å². The monoisotopic (exact) mass is 373 g/mol. The van der Waals surface area contributed by atoms with Crippen molar-refractivity contribution in [1.82, 2.24) is 4.90 Å². The topological polar surface area (TPSA) is 40.5 Å². The fourth-order valence-electron chi connectivity index (χ4n) is 4.31. The number of aryl methyl sites for hydroxylation is 1. The zero-order chi connectivity index (χ0) is 19.3. The Balaban J connectivity index is 1.61. The summed E-state index contributed by atoms with van der Waals surface area (Å²) in [6.07, 6.45) is 17.6. The Kier molecular flexibility index (Phi) is 10.5. The van der Waals surface area contributed by atoms with E-state index in [9.17, 15) is 9.90 Å². The number of hydrogen-bond donors (Lipinski definition) is 1. The second-order valence-corrected chi connectivity index (χ2v) is 8.16. The Morgan fingerprint density at radius 3 is 2.07 bits per heavy atom. The normalized spacial score (nSPS) is 19.6. The Labute approximate surface area is 166 Å². The van der Waals surface area contributed by atoms with Gasteiger partial charge in [0.2, 0.25) is 6.41 Å². The third-order valence-corrected chi connectivity index (χ3v) is 6.07. The van der Waals surface area contributed by atoms with Crippen molar-refractivity contribution < 1.29 is 9.90 Å². The Hall–Kier alpha value is -1.35. The summed E-state index contributed by atoms with van der Waals surface area (Å²) in [5.74, 6) is 0. The van der Waals surface area contributed by atoms with Gasteiger partial charge in [0, 0.05) is 0 Å². The van der Waals surface area contributed by atoms with Crippen LogP contribution in [-0.2, 0) is 11.2 Å². The zero-order valence-corrected chi connectivity index (χ0v) is 17.2. The van der Waals surface area contributed by atoms with Gasteiger partial charge in [0.25, 0.3) is 0 Å². The zero-order valence-electron chi connectivity index (χ0n) is 17.2. The maximum Gasteiger partial charge on any atom is 0.210 e. The minimum atomic E-state index is -0.0150. The van der Waals surface area contributed by atoms with Gasteiger partial charge in [-0.05, 0) is 36.8 Å². The first-order valence-electron chi connectivity index (χ1n) is 11.2. The van der Waals surface area contributed by atoms with E-state index in [0.29, 0.717) is 0 Å². The van der Waals surface area contributed by atoms with Crippen molar-refractivity contribution in [1.29, 1.82) is 0 Å². The average Bonchev–Trinajstić information content (AvgIpc) is 3.13. The summed E-state index contributed by atoms with van der Waals surface area (Å²) in [4.78, 5) is 13.1. The molecule has 1 heterocycles. The first-order valence-corrected chi connectivity index (χ1v) is 11.2. The number of hydrogen-bond acceptors (Lipinski definition) is 2. The molecular weight excluding hydrogens is 334 g/mol. The number of aliphatic hydroxyl groups excluding tert-OH is 1. The SMILES string of the molecule is CCCCCCCCCCCCc1ccc(C2CCC(CO)N2C=O)cc1. The molecule has 0 radical (unpaired) electrons. The number of carbonyl (C=O) groups excluding carboxylic acids is 1. The minimum absolute atomic E-state index is 0.0150. The highest BCUT2D eigenvalue weighted by Crippen LogP contribution is 2.34. The summed E-state index contributed by atoms with van der Waals surface area (Å²) in [7, 11) is 0. The Morgan fingerprint density at radius 1 is 0.926 bits per heavy atom. The number of aliphatic hydroxyl groups is 1. The van der Waals surface area contributed by atoms with Gasteiger partial charge in [-0.3, -0.25) is 4.79 Å². The van der Waals surface area contributed by atoms with Crippen LogP contribution in [0.1, 0.15) is 101 Å². The summed E-state index contributed by atoms with van der Waals surface area (Å²) in [6.45, 7) is 2.33. The molecule has 1 N–H and O–H groups in total. The quantitative estimate of drug-likeness (QED) is 0.330. The van der Waals surface area contributed by atoms with Crippen molar-refractivity contribution in [3.8, 4) is 0 Å². The van der Waals surface area contributed by atoms with Gasteiger partial charge in [-0.25, -0.2) is 0 Å². The number of carbonyl (C=O) groups is 1. The number of likely N-dealkylation sites (tertiary alicyclic amines) is 1. The van der Waals surface area contributed by atoms with Crippen LogP contribution in [0.3, 0.4) is 0 Å². The van der Waals surface area contributed by atoms with Crippen molar-refractivity contribution in [3.05, 3.63) is 35.4 Å². The Morgan fingerprint density at radius 2 is 1.52 bits per heavy atom. The van der Waals surface area contributed by atoms with Gasteiger partial charge in [-0.2, -0.15) is 0 Å². The molecule has 0 aromatic heterocycles. The number of nitrogens with zero attached hydrogens (tertiary/aromatic N) is 1. The first-order chi connectivity index (χ1) is 13.3. The molecule has 1 aliphatic heterocycles. The molecule has 2 rings (SSSR count). The van der Waals surface area contributed by atoms with E-state index in [1.54, 1.807) is 4.90 Å². The average molecular weight is 374 g/mol. The molecule has 2 unspecified atom stereocenters. The fraction of sp³-hybridized carbons (Fsp3) is 0.708. The van der Waals surface area contributed by atoms with E-state index in [1.165, 1.54) is 75.3 Å². The molecule has 2 atom stereocenters. The van der Waals surface area contributed by atoms with Crippen LogP contribution >= 0.6 is 0 Å². The van der Waals surface area contributed by atoms with Gasteiger partial charge in [0.15, 0.2) is 0 Å². The second-order valence-electron chi connectivity index (χ2n) is 8.16. The van der Waals surface area contributed by atoms with Crippen molar-refractivity contribution in [3.63, 3.8) is 0 Å². The van der Waals surface area contributed by atoms with E-state index in [2.05, 4.69) is 31.2 Å². The third-order valence-electron chi connectivity index (χ3n) is 6.07. The smallest absolute Gasteiger partial charge is 0.210 e. The molecule has 1 amide bonds. The molecule has 0 bridgehead atoms. The summed E-state index contributed by atoms with van der Waals surface area (Å²) in [5, 5.41) is 9.40. The number of unbranched alkanes of at least 4 members (excludes halogenated alkanes) is 9. The number of benzene rings is 1. The van der Waals surface area contributed by atoms with Crippen molar-refractivity contribution >= 4 is 6.41 Å². The molecule has 1 saturated heterocycles. The van der Waals surface area contributed by atoms with E-state index in [1.807, 2.05) is 0 Å². The fourth-order valence-corrected chi connectivity index (χ4v) is 4.31. The lowest BCUT2D eigenvalue weighted by atomic mass is 10.00. The van der Waals surface area contributed by atoms with Gasteiger partial charge < -0.3 is 10.0 Å². The maximum absolute atomic E-state index is 11.4. The van der Waals surface area contributed by atoms with E-state index < -0.39 is 0 Å². The van der Waals surface area contributed by atoms with Crippen LogP contribution in [-0.4, -0.2) is 29.1 Å². The van der Waals surface area contributed by atoms with Crippen LogP contribution in [0.25, 0.3) is 0 Å².